The van der Waals surface area contributed by atoms with Crippen molar-refractivity contribution in [3.05, 3.63) is 117 Å². The van der Waals surface area contributed by atoms with Crippen molar-refractivity contribution in [1.82, 2.24) is 15.1 Å². The highest BCUT2D eigenvalue weighted by molar-refractivity contribution is 5.81. The molecular weight excluding hydrogens is 378 g/mol. The van der Waals surface area contributed by atoms with Crippen LogP contribution >= 0.6 is 0 Å². The van der Waals surface area contributed by atoms with Gasteiger partial charge in [0.1, 0.15) is 6.54 Å². The monoisotopic (exact) mass is 399 g/mol. The molecule has 0 fully saturated rings. The Hall–Kier alpha value is -3.93. The number of hydrogen-bond donors (Lipinski definition) is 2. The molecule has 1 heterocycles. The lowest BCUT2D eigenvalue weighted by Crippen LogP contribution is -2.38. The summed E-state index contributed by atoms with van der Waals surface area (Å²) in [4.78, 5) is 37.4. The highest BCUT2D eigenvalue weighted by Gasteiger charge is 2.16. The highest BCUT2D eigenvalue weighted by Crippen LogP contribution is 2.23. The first-order valence-corrected chi connectivity index (χ1v) is 9.72. The number of H-pyrrole nitrogens is 1. The summed E-state index contributed by atoms with van der Waals surface area (Å²) in [5.41, 5.74) is 1.37. The van der Waals surface area contributed by atoms with Crippen molar-refractivity contribution in [2.24, 2.45) is 0 Å². The van der Waals surface area contributed by atoms with Gasteiger partial charge in [-0.05, 0) is 23.3 Å². The second kappa shape index (κ2) is 8.61. The fourth-order valence-corrected chi connectivity index (χ4v) is 3.57. The van der Waals surface area contributed by atoms with E-state index in [4.69, 9.17) is 0 Å². The van der Waals surface area contributed by atoms with E-state index in [0.29, 0.717) is 17.3 Å². The van der Waals surface area contributed by atoms with Gasteiger partial charge in [-0.15, -0.1) is 0 Å². The maximum atomic E-state index is 12.6. The van der Waals surface area contributed by atoms with Gasteiger partial charge in [0, 0.05) is 12.5 Å². The second-order valence-electron chi connectivity index (χ2n) is 7.06. The number of aromatic nitrogens is 2. The van der Waals surface area contributed by atoms with E-state index in [-0.39, 0.29) is 18.4 Å². The third kappa shape index (κ3) is 4.07. The molecule has 6 nitrogen and oxygen atoms in total. The van der Waals surface area contributed by atoms with Gasteiger partial charge < -0.3 is 5.32 Å². The molecule has 3 aromatic carbocycles. The van der Waals surface area contributed by atoms with Crippen LogP contribution in [0.3, 0.4) is 0 Å². The number of nitrogens with zero attached hydrogens (tertiary/aromatic N) is 1. The van der Waals surface area contributed by atoms with Gasteiger partial charge in [-0.25, -0.2) is 4.68 Å². The van der Waals surface area contributed by atoms with Gasteiger partial charge in [0.2, 0.25) is 5.91 Å². The molecule has 30 heavy (non-hydrogen) atoms. The molecule has 0 aliphatic heterocycles. The van der Waals surface area contributed by atoms with E-state index in [9.17, 15) is 14.4 Å². The zero-order valence-electron chi connectivity index (χ0n) is 16.2. The van der Waals surface area contributed by atoms with E-state index in [1.807, 2.05) is 60.7 Å². The summed E-state index contributed by atoms with van der Waals surface area (Å²) in [6, 6.07) is 26.4. The van der Waals surface area contributed by atoms with Crippen LogP contribution in [0.2, 0.25) is 0 Å². The van der Waals surface area contributed by atoms with Crippen molar-refractivity contribution in [1.29, 1.82) is 0 Å². The van der Waals surface area contributed by atoms with Crippen LogP contribution in [0.5, 0.6) is 0 Å². The number of hydrogen-bond acceptors (Lipinski definition) is 3. The Bertz CT molecular complexity index is 1240. The molecule has 0 atom stereocenters. The first kappa shape index (κ1) is 19.4. The number of carbonyl (C=O) groups is 1. The third-order valence-electron chi connectivity index (χ3n) is 5.09. The molecular formula is C24H21N3O3. The number of rotatable bonds is 6. The Morgan fingerprint density at radius 2 is 1.33 bits per heavy atom. The molecule has 0 aliphatic carbocycles. The normalized spacial score (nSPS) is 11.0. The van der Waals surface area contributed by atoms with Gasteiger partial charge in [-0.3, -0.25) is 19.5 Å². The van der Waals surface area contributed by atoms with E-state index in [0.717, 1.165) is 15.8 Å². The van der Waals surface area contributed by atoms with Gasteiger partial charge in [-0.1, -0.05) is 72.8 Å². The van der Waals surface area contributed by atoms with Crippen molar-refractivity contribution >= 4 is 16.7 Å². The Morgan fingerprint density at radius 3 is 1.93 bits per heavy atom. The van der Waals surface area contributed by atoms with Crippen LogP contribution in [0, 0.1) is 0 Å². The summed E-state index contributed by atoms with van der Waals surface area (Å²) >= 11 is 0. The van der Waals surface area contributed by atoms with Crippen molar-refractivity contribution in [3.63, 3.8) is 0 Å². The third-order valence-corrected chi connectivity index (χ3v) is 5.09. The number of aromatic amines is 1. The molecule has 0 aliphatic rings. The second-order valence-corrected chi connectivity index (χ2v) is 7.06. The van der Waals surface area contributed by atoms with Crippen LogP contribution < -0.4 is 16.4 Å². The summed E-state index contributed by atoms with van der Waals surface area (Å²) < 4.78 is 1.06. The predicted molar refractivity (Wildman–Crippen MR) is 117 cm³/mol. The fourth-order valence-electron chi connectivity index (χ4n) is 3.57. The predicted octanol–water partition coefficient (Wildman–Crippen LogP) is 2.64. The van der Waals surface area contributed by atoms with Crippen molar-refractivity contribution < 1.29 is 4.79 Å². The van der Waals surface area contributed by atoms with E-state index in [1.165, 1.54) is 0 Å². The van der Waals surface area contributed by atoms with Gasteiger partial charge in [0.05, 0.1) is 10.8 Å². The van der Waals surface area contributed by atoms with Crippen LogP contribution in [0.15, 0.2) is 94.5 Å². The lowest BCUT2D eigenvalue weighted by atomic mass is 9.91. The summed E-state index contributed by atoms with van der Waals surface area (Å²) in [7, 11) is 0. The first-order chi connectivity index (χ1) is 14.6. The molecule has 1 aromatic heterocycles. The van der Waals surface area contributed by atoms with Crippen LogP contribution in [0.4, 0.5) is 0 Å². The molecule has 150 valence electrons. The molecule has 6 heteroatoms. The Kier molecular flexibility index (Phi) is 5.57. The standard InChI is InChI=1S/C24H21N3O3/c28-22(16-27-24(30)20-14-8-7-13-19(20)23(29)26-27)25-15-21(17-9-3-1-4-10-17)18-11-5-2-6-12-18/h1-14,21H,15-16H2,(H,25,28)(H,26,29). The van der Waals surface area contributed by atoms with Crippen LogP contribution in [0.1, 0.15) is 17.0 Å². The zero-order chi connectivity index (χ0) is 20.9. The van der Waals surface area contributed by atoms with Crippen molar-refractivity contribution in [3.8, 4) is 0 Å². The average Bonchev–Trinajstić information content (AvgIpc) is 2.79. The van der Waals surface area contributed by atoms with Gasteiger partial charge in [0.15, 0.2) is 0 Å². The average molecular weight is 399 g/mol. The van der Waals surface area contributed by atoms with E-state index in [1.54, 1.807) is 24.3 Å². The lowest BCUT2D eigenvalue weighted by molar-refractivity contribution is -0.121. The molecule has 0 unspecified atom stereocenters. The van der Waals surface area contributed by atoms with E-state index >= 15 is 0 Å². The van der Waals surface area contributed by atoms with E-state index < -0.39 is 11.1 Å². The van der Waals surface area contributed by atoms with Gasteiger partial charge >= 0.3 is 0 Å². The number of carbonyl (C=O) groups excluding carboxylic acids is 1. The minimum absolute atomic E-state index is 0.0243. The SMILES string of the molecule is O=C(Cn1[nH]c(=O)c2ccccc2c1=O)NCC(c1ccccc1)c1ccccc1. The number of benzene rings is 3. The Morgan fingerprint density at radius 1 is 0.800 bits per heavy atom. The summed E-state index contributed by atoms with van der Waals surface area (Å²) in [5, 5.41) is 6.00. The molecule has 0 spiro atoms. The maximum absolute atomic E-state index is 12.6. The van der Waals surface area contributed by atoms with Gasteiger partial charge in [-0.2, -0.15) is 0 Å². The van der Waals surface area contributed by atoms with Crippen LogP contribution in [-0.2, 0) is 11.3 Å². The molecule has 4 aromatic rings. The molecule has 1 amide bonds. The molecule has 0 bridgehead atoms. The molecule has 0 saturated heterocycles. The molecule has 2 N–H and O–H groups in total. The lowest BCUT2D eigenvalue weighted by Gasteiger charge is -2.19. The smallest absolute Gasteiger partial charge is 0.273 e. The topological polar surface area (TPSA) is 84.0 Å². The quantitative estimate of drug-likeness (QED) is 0.523. The fraction of sp³-hybridized carbons (Fsp3) is 0.125. The molecule has 0 radical (unpaired) electrons. The minimum Gasteiger partial charge on any atom is -0.354 e. The van der Waals surface area contributed by atoms with E-state index in [2.05, 4.69) is 10.4 Å². The number of amides is 1. The largest absolute Gasteiger partial charge is 0.354 e. The van der Waals surface area contributed by atoms with Crippen LogP contribution in [-0.4, -0.2) is 22.2 Å². The summed E-state index contributed by atoms with van der Waals surface area (Å²) in [6.45, 7) is 0.120. The Balaban J connectivity index is 1.54. The zero-order valence-corrected chi connectivity index (χ0v) is 16.2. The number of fused-ring (bicyclic) bond motifs is 1. The summed E-state index contributed by atoms with van der Waals surface area (Å²) in [6.07, 6.45) is 0. The van der Waals surface area contributed by atoms with Gasteiger partial charge in [0.25, 0.3) is 11.1 Å². The van der Waals surface area contributed by atoms with Crippen LogP contribution in [0.25, 0.3) is 10.8 Å². The molecule has 0 saturated carbocycles. The minimum atomic E-state index is -0.400. The van der Waals surface area contributed by atoms with Crippen molar-refractivity contribution in [2.45, 2.75) is 12.5 Å². The number of nitrogens with one attached hydrogen (secondary N) is 2. The molecule has 4 rings (SSSR count). The Labute approximate surface area is 172 Å². The maximum Gasteiger partial charge on any atom is 0.273 e. The highest BCUT2D eigenvalue weighted by atomic mass is 16.2. The summed E-state index contributed by atoms with van der Waals surface area (Å²) in [5.74, 6) is -0.372. The van der Waals surface area contributed by atoms with Crippen molar-refractivity contribution in [2.75, 3.05) is 6.54 Å². The first-order valence-electron chi connectivity index (χ1n) is 9.72.